The molecule has 2 aromatic rings. The smallest absolute Gasteiger partial charge is 0.325 e. The van der Waals surface area contributed by atoms with Crippen LogP contribution < -0.4 is 16.6 Å². The second kappa shape index (κ2) is 11.7. The SMILES string of the molecule is Cc1[nH]c(=O)[nH]c(=O)c1CC(=O)NCC(c1cccnc1)N1CCCCC1.O=CO. The van der Waals surface area contributed by atoms with E-state index in [9.17, 15) is 14.4 Å². The Bertz CT molecular complexity index is 935. The number of H-pyrrole nitrogens is 2. The first kappa shape index (κ1) is 23.0. The molecule has 2 aromatic heterocycles. The molecule has 4 N–H and O–H groups in total. The predicted octanol–water partition coefficient (Wildman–Crippen LogP) is 0.353. The molecule has 0 aromatic carbocycles. The van der Waals surface area contributed by atoms with Crippen molar-refractivity contribution in [2.75, 3.05) is 19.6 Å². The highest BCUT2D eigenvalue weighted by Gasteiger charge is 2.23. The Morgan fingerprint density at radius 1 is 1.30 bits per heavy atom. The zero-order chi connectivity index (χ0) is 21.9. The number of hydrogen-bond donors (Lipinski definition) is 4. The number of aryl methyl sites for hydroxylation is 1. The van der Waals surface area contributed by atoms with Gasteiger partial charge in [0.25, 0.3) is 12.0 Å². The van der Waals surface area contributed by atoms with E-state index in [1.165, 1.54) is 6.42 Å². The van der Waals surface area contributed by atoms with Gasteiger partial charge in [-0.25, -0.2) is 4.79 Å². The molecule has 162 valence electrons. The molecule has 0 spiro atoms. The third-order valence-corrected chi connectivity index (χ3v) is 4.99. The lowest BCUT2D eigenvalue weighted by Gasteiger charge is -2.34. The van der Waals surface area contributed by atoms with Crippen molar-refractivity contribution < 1.29 is 14.7 Å². The summed E-state index contributed by atoms with van der Waals surface area (Å²) in [6.07, 6.45) is 7.03. The molecule has 1 atom stereocenters. The van der Waals surface area contributed by atoms with E-state index in [4.69, 9.17) is 9.90 Å². The highest BCUT2D eigenvalue weighted by atomic mass is 16.3. The highest BCUT2D eigenvalue weighted by Crippen LogP contribution is 2.23. The first-order chi connectivity index (χ1) is 14.5. The molecular formula is C20H27N5O5. The number of nitrogens with zero attached hydrogens (tertiary/aromatic N) is 2. The van der Waals surface area contributed by atoms with Crippen LogP contribution in [-0.2, 0) is 16.0 Å². The lowest BCUT2D eigenvalue weighted by molar-refractivity contribution is -0.123. The lowest BCUT2D eigenvalue weighted by Crippen LogP contribution is -2.41. The minimum absolute atomic E-state index is 0.0536. The minimum Gasteiger partial charge on any atom is -0.483 e. The van der Waals surface area contributed by atoms with Gasteiger partial charge in [-0.1, -0.05) is 12.5 Å². The molecule has 1 unspecified atom stereocenters. The van der Waals surface area contributed by atoms with Crippen LogP contribution in [0.1, 0.15) is 42.1 Å². The van der Waals surface area contributed by atoms with Crippen molar-refractivity contribution in [2.24, 2.45) is 0 Å². The zero-order valence-corrected chi connectivity index (χ0v) is 16.9. The second-order valence-corrected chi connectivity index (χ2v) is 7.00. The summed E-state index contributed by atoms with van der Waals surface area (Å²) in [7, 11) is 0. The fourth-order valence-electron chi connectivity index (χ4n) is 3.53. The first-order valence-electron chi connectivity index (χ1n) is 9.76. The van der Waals surface area contributed by atoms with E-state index in [2.05, 4.69) is 25.2 Å². The van der Waals surface area contributed by atoms with Gasteiger partial charge in [-0.05, 0) is 44.5 Å². The van der Waals surface area contributed by atoms with Crippen LogP contribution in [0.4, 0.5) is 0 Å². The number of piperidine rings is 1. The van der Waals surface area contributed by atoms with Crippen molar-refractivity contribution in [1.29, 1.82) is 0 Å². The number of amides is 1. The Balaban J connectivity index is 0.00000101. The van der Waals surface area contributed by atoms with E-state index in [1.54, 1.807) is 13.1 Å². The van der Waals surface area contributed by atoms with Gasteiger partial charge in [0.2, 0.25) is 5.91 Å². The van der Waals surface area contributed by atoms with Gasteiger partial charge < -0.3 is 15.4 Å². The molecule has 0 radical (unpaired) electrons. The van der Waals surface area contributed by atoms with Crippen LogP contribution in [0.25, 0.3) is 0 Å². The number of rotatable bonds is 6. The maximum Gasteiger partial charge on any atom is 0.325 e. The van der Waals surface area contributed by atoms with Crippen molar-refractivity contribution in [2.45, 2.75) is 38.6 Å². The van der Waals surface area contributed by atoms with Crippen LogP contribution in [0.5, 0.6) is 0 Å². The summed E-state index contributed by atoms with van der Waals surface area (Å²) in [5, 5.41) is 9.83. The van der Waals surface area contributed by atoms with Gasteiger partial charge in [-0.2, -0.15) is 0 Å². The van der Waals surface area contributed by atoms with Crippen molar-refractivity contribution >= 4 is 12.4 Å². The summed E-state index contributed by atoms with van der Waals surface area (Å²) in [6, 6.07) is 3.98. The summed E-state index contributed by atoms with van der Waals surface area (Å²) in [6.45, 7) is 3.80. The number of carboxylic acid groups (broad SMARTS) is 1. The standard InChI is InChI=1S/C19H25N5O3.CH2O2/c1-13-15(18(26)23-19(27)22-13)10-17(25)21-12-16(14-6-5-7-20-11-14)24-8-3-2-4-9-24;2-1-3/h5-7,11,16H,2-4,8-10,12H2,1H3,(H,21,25)(H2,22,23,26,27);1H,(H,2,3). The minimum atomic E-state index is -0.566. The van der Waals surface area contributed by atoms with Crippen molar-refractivity contribution in [3.63, 3.8) is 0 Å². The molecule has 1 amide bonds. The van der Waals surface area contributed by atoms with Gasteiger partial charge in [0.15, 0.2) is 0 Å². The third kappa shape index (κ3) is 6.66. The summed E-state index contributed by atoms with van der Waals surface area (Å²) in [5.74, 6) is -0.249. The van der Waals surface area contributed by atoms with Gasteiger partial charge in [0.05, 0.1) is 12.5 Å². The molecule has 0 bridgehead atoms. The van der Waals surface area contributed by atoms with Gasteiger partial charge in [-0.3, -0.25) is 29.3 Å². The van der Waals surface area contributed by atoms with Gasteiger partial charge in [0.1, 0.15) is 0 Å². The van der Waals surface area contributed by atoms with E-state index in [0.29, 0.717) is 12.2 Å². The van der Waals surface area contributed by atoms with Crippen molar-refractivity contribution in [3.05, 3.63) is 62.2 Å². The van der Waals surface area contributed by atoms with Crippen LogP contribution in [0.15, 0.2) is 34.1 Å². The van der Waals surface area contributed by atoms with E-state index in [0.717, 1.165) is 31.5 Å². The number of aromatic amines is 2. The average Bonchev–Trinajstić information content (AvgIpc) is 2.73. The lowest BCUT2D eigenvalue weighted by atomic mass is 10.0. The molecule has 1 aliphatic heterocycles. The molecule has 1 saturated heterocycles. The van der Waals surface area contributed by atoms with Gasteiger partial charge >= 0.3 is 5.69 Å². The number of likely N-dealkylation sites (tertiary alicyclic amines) is 1. The fraction of sp³-hybridized carbons (Fsp3) is 0.450. The number of hydrogen-bond acceptors (Lipinski definition) is 6. The molecule has 10 heteroatoms. The van der Waals surface area contributed by atoms with Crippen LogP contribution in [0, 0.1) is 6.92 Å². The predicted molar refractivity (Wildman–Crippen MR) is 110 cm³/mol. The number of pyridine rings is 1. The zero-order valence-electron chi connectivity index (χ0n) is 16.9. The monoisotopic (exact) mass is 417 g/mol. The Hall–Kier alpha value is -3.27. The molecule has 0 saturated carbocycles. The molecule has 10 nitrogen and oxygen atoms in total. The first-order valence-corrected chi connectivity index (χ1v) is 9.76. The topological polar surface area (TPSA) is 148 Å². The highest BCUT2D eigenvalue weighted by molar-refractivity contribution is 5.78. The number of nitrogens with one attached hydrogen (secondary N) is 3. The van der Waals surface area contributed by atoms with E-state index in [-0.39, 0.29) is 30.4 Å². The van der Waals surface area contributed by atoms with Crippen molar-refractivity contribution in [1.82, 2.24) is 25.2 Å². The van der Waals surface area contributed by atoms with Crippen LogP contribution in [-0.4, -0.2) is 57.0 Å². The summed E-state index contributed by atoms with van der Waals surface area (Å²) >= 11 is 0. The van der Waals surface area contributed by atoms with Gasteiger partial charge in [0, 0.05) is 30.2 Å². The Labute approximate surface area is 173 Å². The fourth-order valence-corrected chi connectivity index (χ4v) is 3.53. The summed E-state index contributed by atoms with van der Waals surface area (Å²) in [4.78, 5) is 55.3. The third-order valence-electron chi connectivity index (χ3n) is 4.99. The molecule has 0 aliphatic carbocycles. The number of carbonyl (C=O) groups excluding carboxylic acids is 1. The van der Waals surface area contributed by atoms with Crippen LogP contribution >= 0.6 is 0 Å². The largest absolute Gasteiger partial charge is 0.483 e. The quantitative estimate of drug-likeness (QED) is 0.496. The summed E-state index contributed by atoms with van der Waals surface area (Å²) < 4.78 is 0. The van der Waals surface area contributed by atoms with E-state index < -0.39 is 11.2 Å². The Morgan fingerprint density at radius 3 is 2.60 bits per heavy atom. The van der Waals surface area contributed by atoms with E-state index >= 15 is 0 Å². The molecule has 3 rings (SSSR count). The molecule has 1 aliphatic rings. The normalized spacial score (nSPS) is 14.8. The molecule has 30 heavy (non-hydrogen) atoms. The Morgan fingerprint density at radius 2 is 2.00 bits per heavy atom. The van der Waals surface area contributed by atoms with Crippen LogP contribution in [0.3, 0.4) is 0 Å². The molecule has 3 heterocycles. The summed E-state index contributed by atoms with van der Waals surface area (Å²) in [5.41, 5.74) is 0.675. The van der Waals surface area contributed by atoms with Crippen LogP contribution in [0.2, 0.25) is 0 Å². The second-order valence-electron chi connectivity index (χ2n) is 7.00. The Kier molecular flexibility index (Phi) is 8.95. The van der Waals surface area contributed by atoms with Crippen molar-refractivity contribution in [3.8, 4) is 0 Å². The number of aromatic nitrogens is 3. The van der Waals surface area contributed by atoms with E-state index in [1.807, 2.05) is 18.3 Å². The maximum absolute atomic E-state index is 12.4. The van der Waals surface area contributed by atoms with Gasteiger partial charge in [-0.15, -0.1) is 0 Å². The maximum atomic E-state index is 12.4. The molecule has 1 fully saturated rings. The number of carbonyl (C=O) groups is 2. The molecular weight excluding hydrogens is 390 g/mol. The average molecular weight is 417 g/mol.